The van der Waals surface area contributed by atoms with Gasteiger partial charge < -0.3 is 20.3 Å². The third-order valence-corrected chi connectivity index (χ3v) is 9.57. The van der Waals surface area contributed by atoms with E-state index in [1.54, 1.807) is 17.1 Å². The number of carbonyl (C=O) groups is 1. The summed E-state index contributed by atoms with van der Waals surface area (Å²) in [5, 5.41) is 16.4. The van der Waals surface area contributed by atoms with Gasteiger partial charge in [0.05, 0.1) is 34.2 Å². The summed E-state index contributed by atoms with van der Waals surface area (Å²) in [5.41, 5.74) is 4.86. The maximum atomic E-state index is 13.9. The molecule has 4 aromatic rings. The first-order valence-corrected chi connectivity index (χ1v) is 17.1. The van der Waals surface area contributed by atoms with Crippen LogP contribution in [-0.2, 0) is 11.3 Å². The minimum Gasteiger partial charge on any atom is -0.445 e. The minimum atomic E-state index is -1.25. The zero-order valence-corrected chi connectivity index (χ0v) is 28.1. The maximum absolute atomic E-state index is 13.9. The van der Waals surface area contributed by atoms with Crippen LogP contribution in [-0.4, -0.2) is 60.6 Å². The van der Waals surface area contributed by atoms with Crippen molar-refractivity contribution in [1.29, 1.82) is 0 Å². The predicted octanol–water partition coefficient (Wildman–Crippen LogP) is 8.09. The van der Waals surface area contributed by atoms with E-state index in [4.69, 9.17) is 27.9 Å². The van der Waals surface area contributed by atoms with Crippen LogP contribution in [0.5, 0.6) is 0 Å². The zero-order valence-electron chi connectivity index (χ0n) is 26.6. The average molecular weight is 702 g/mol. The Balaban J connectivity index is 1.08. The number of nitrogens with zero attached hydrogens (tertiary/aromatic N) is 6. The van der Waals surface area contributed by atoms with Gasteiger partial charge in [0.25, 0.3) is 0 Å². The van der Waals surface area contributed by atoms with Gasteiger partial charge in [0.2, 0.25) is 0 Å². The van der Waals surface area contributed by atoms with Gasteiger partial charge in [-0.15, -0.1) is 16.7 Å². The van der Waals surface area contributed by atoms with Gasteiger partial charge in [0.15, 0.2) is 0 Å². The first-order valence-electron chi connectivity index (χ1n) is 16.3. The summed E-state index contributed by atoms with van der Waals surface area (Å²) >= 11 is 12.9. The van der Waals surface area contributed by atoms with Crippen LogP contribution in [0.3, 0.4) is 0 Å². The van der Waals surface area contributed by atoms with Crippen molar-refractivity contribution in [3.63, 3.8) is 0 Å². The summed E-state index contributed by atoms with van der Waals surface area (Å²) in [4.78, 5) is 23.3. The van der Waals surface area contributed by atoms with Crippen LogP contribution in [0.25, 0.3) is 10.9 Å². The number of carbonyl (C=O) groups excluding carboxylic acids is 1. The number of halogens is 3. The minimum absolute atomic E-state index is 0.101. The highest BCUT2D eigenvalue weighted by molar-refractivity contribution is 6.35. The summed E-state index contributed by atoms with van der Waals surface area (Å²) < 4.78 is 21.4. The molecule has 2 N–H and O–H groups in total. The Labute approximate surface area is 293 Å². The van der Waals surface area contributed by atoms with E-state index in [-0.39, 0.29) is 24.8 Å². The molecule has 0 bridgehead atoms. The number of ether oxygens (including phenoxy) is 1. The fourth-order valence-electron chi connectivity index (χ4n) is 6.26. The number of piperidine rings is 1. The lowest BCUT2D eigenvalue weighted by Crippen LogP contribution is -2.39. The van der Waals surface area contributed by atoms with Crippen molar-refractivity contribution in [1.82, 2.24) is 29.9 Å². The van der Waals surface area contributed by atoms with Crippen molar-refractivity contribution in [3.05, 3.63) is 119 Å². The molecule has 3 heterocycles. The molecule has 3 aliphatic rings. The largest absolute Gasteiger partial charge is 0.445 e. The number of benzene rings is 2. The molecular weight excluding hydrogens is 666 g/mol. The van der Waals surface area contributed by atoms with Gasteiger partial charge in [0.1, 0.15) is 30.6 Å². The van der Waals surface area contributed by atoms with E-state index >= 15 is 0 Å². The second-order valence-electron chi connectivity index (χ2n) is 12.2. The van der Waals surface area contributed by atoms with Crippen molar-refractivity contribution < 1.29 is 13.9 Å². The van der Waals surface area contributed by atoms with Crippen LogP contribution in [0.1, 0.15) is 49.0 Å². The number of anilines is 2. The Morgan fingerprint density at radius 2 is 1.98 bits per heavy atom. The standard InChI is InChI=1S/C36H35Cl2FN8O2/c37-29-18-25(11-12-31(29)39)43-35-28-17-26(19-30(38)34(28)40-22-41-35)42-33(24-9-5-2-6-10-24)32-20-47(45-44-32)27-13-15-46(16-14-27)36(48)49-21-23-7-3-1-4-8-23/h1-5,7-9,11-12,17-20,22,27,29,31,33,42H,6,10,13-16,21H2,(H,40,41,43). The van der Waals surface area contributed by atoms with E-state index in [1.807, 2.05) is 53.3 Å². The summed E-state index contributed by atoms with van der Waals surface area (Å²) in [6.45, 7) is 1.40. The number of hydrogen-bond donors (Lipinski definition) is 2. The number of alkyl halides is 2. The molecule has 2 aromatic heterocycles. The summed E-state index contributed by atoms with van der Waals surface area (Å²) in [7, 11) is 0. The molecule has 1 aliphatic heterocycles. The Bertz CT molecular complexity index is 1940. The van der Waals surface area contributed by atoms with Gasteiger partial charge in [-0.3, -0.25) is 0 Å². The molecule has 3 unspecified atom stereocenters. The normalized spacial score (nSPS) is 20.1. The number of hydrogen-bond acceptors (Lipinski definition) is 8. The quantitative estimate of drug-likeness (QED) is 0.169. The lowest BCUT2D eigenvalue weighted by atomic mass is 9.95. The van der Waals surface area contributed by atoms with Crippen LogP contribution in [0.4, 0.5) is 20.7 Å². The Kier molecular flexibility index (Phi) is 9.90. The molecule has 13 heteroatoms. The van der Waals surface area contributed by atoms with Crippen LogP contribution in [0, 0.1) is 0 Å². The maximum Gasteiger partial charge on any atom is 0.410 e. The van der Waals surface area contributed by atoms with E-state index in [0.29, 0.717) is 40.5 Å². The fourth-order valence-corrected chi connectivity index (χ4v) is 6.75. The lowest BCUT2D eigenvalue weighted by molar-refractivity contribution is 0.0820. The highest BCUT2D eigenvalue weighted by Gasteiger charge is 2.28. The van der Waals surface area contributed by atoms with Gasteiger partial charge in [-0.1, -0.05) is 65.4 Å². The summed E-state index contributed by atoms with van der Waals surface area (Å²) in [5.74, 6) is 0.519. The van der Waals surface area contributed by atoms with E-state index in [0.717, 1.165) is 48.2 Å². The number of fused-ring (bicyclic) bond motifs is 1. The molecule has 252 valence electrons. The second kappa shape index (κ2) is 14.8. The molecule has 0 spiro atoms. The molecule has 3 atom stereocenters. The van der Waals surface area contributed by atoms with Crippen LogP contribution in [0.15, 0.2) is 103 Å². The van der Waals surface area contributed by atoms with Gasteiger partial charge in [-0.25, -0.2) is 23.8 Å². The van der Waals surface area contributed by atoms with E-state index in [9.17, 15) is 9.18 Å². The van der Waals surface area contributed by atoms with E-state index < -0.39 is 11.5 Å². The number of aromatic nitrogens is 5. The average Bonchev–Trinajstić information content (AvgIpc) is 3.62. The second-order valence-corrected chi connectivity index (χ2v) is 13.2. The third kappa shape index (κ3) is 7.63. The van der Waals surface area contributed by atoms with Crippen LogP contribution >= 0.6 is 23.2 Å². The molecule has 10 nitrogen and oxygen atoms in total. The highest BCUT2D eigenvalue weighted by atomic mass is 35.5. The van der Waals surface area contributed by atoms with Crippen LogP contribution < -0.4 is 10.6 Å². The first kappa shape index (κ1) is 32.8. The van der Waals surface area contributed by atoms with Gasteiger partial charge >= 0.3 is 6.09 Å². The Morgan fingerprint density at radius 3 is 2.76 bits per heavy atom. The highest BCUT2D eigenvalue weighted by Crippen LogP contribution is 2.36. The van der Waals surface area contributed by atoms with Crippen molar-refractivity contribution in [2.75, 3.05) is 23.7 Å². The molecule has 1 fully saturated rings. The topological polar surface area (TPSA) is 110 Å². The van der Waals surface area contributed by atoms with Crippen molar-refractivity contribution in [2.24, 2.45) is 0 Å². The monoisotopic (exact) mass is 700 g/mol. The molecule has 1 amide bonds. The molecule has 7 rings (SSSR count). The number of likely N-dealkylation sites (tertiary alicyclic amines) is 1. The molecule has 0 saturated carbocycles. The van der Waals surface area contributed by atoms with Gasteiger partial charge in [-0.2, -0.15) is 0 Å². The molecule has 49 heavy (non-hydrogen) atoms. The summed E-state index contributed by atoms with van der Waals surface area (Å²) in [6.07, 6.45) is 16.1. The number of nitrogens with one attached hydrogen (secondary N) is 2. The first-order chi connectivity index (χ1) is 23.9. The molecular formula is C36H35Cl2FN8O2. The van der Waals surface area contributed by atoms with Crippen molar-refractivity contribution in [2.45, 2.75) is 55.9 Å². The Morgan fingerprint density at radius 1 is 1.14 bits per heavy atom. The van der Waals surface area contributed by atoms with Crippen LogP contribution in [0.2, 0.25) is 5.02 Å². The molecule has 2 aromatic carbocycles. The van der Waals surface area contributed by atoms with Crippen molar-refractivity contribution in [3.8, 4) is 0 Å². The number of amides is 1. The summed E-state index contributed by atoms with van der Waals surface area (Å²) in [6, 6.07) is 13.3. The zero-order chi connectivity index (χ0) is 33.7. The Hall–Kier alpha value is -4.74. The number of rotatable bonds is 9. The third-order valence-electron chi connectivity index (χ3n) is 8.91. The molecule has 2 aliphatic carbocycles. The van der Waals surface area contributed by atoms with E-state index in [2.05, 4.69) is 49.1 Å². The smallest absolute Gasteiger partial charge is 0.410 e. The SMILES string of the molecule is O=C(OCc1ccccc1)N1CCC(n2cc(C(Nc3cc(Cl)c4ncnc(NC5=CC(Cl)C(F)C=C5)c4c3)C3=CC=CCC3)nn2)CC1. The number of allylic oxidation sites excluding steroid dienone is 6. The van der Waals surface area contributed by atoms with E-state index in [1.165, 1.54) is 12.4 Å². The van der Waals surface area contributed by atoms with Gasteiger partial charge in [0, 0.05) is 29.9 Å². The fraction of sp³-hybridized carbons (Fsp3) is 0.306. The lowest BCUT2D eigenvalue weighted by Gasteiger charge is -2.31. The molecule has 1 saturated heterocycles. The van der Waals surface area contributed by atoms with Crippen molar-refractivity contribution >= 4 is 51.7 Å². The van der Waals surface area contributed by atoms with Gasteiger partial charge in [-0.05, 0) is 67.2 Å². The predicted molar refractivity (Wildman–Crippen MR) is 189 cm³/mol. The molecule has 0 radical (unpaired) electrons.